The van der Waals surface area contributed by atoms with Crippen molar-refractivity contribution in [2.75, 3.05) is 13.1 Å². The summed E-state index contributed by atoms with van der Waals surface area (Å²) < 4.78 is 32.0. The first kappa shape index (κ1) is 16.4. The summed E-state index contributed by atoms with van der Waals surface area (Å²) >= 11 is 0. The van der Waals surface area contributed by atoms with Crippen LogP contribution in [0.4, 0.5) is 0 Å². The summed E-state index contributed by atoms with van der Waals surface area (Å²) in [5.41, 5.74) is 1.56. The van der Waals surface area contributed by atoms with E-state index >= 15 is 0 Å². The minimum absolute atomic E-state index is 0.227. The molecule has 0 atom stereocenters. The molecule has 1 aromatic carbocycles. The average Bonchev–Trinajstić information content (AvgIpc) is 2.58. The van der Waals surface area contributed by atoms with E-state index in [1.807, 2.05) is 25.1 Å². The number of rotatable bonds is 5. The number of nitriles is 1. The first-order valence-corrected chi connectivity index (χ1v) is 9.09. The summed E-state index contributed by atoms with van der Waals surface area (Å²) in [6.07, 6.45) is 2.07. The molecule has 2 aromatic rings. The number of benzene rings is 1. The highest BCUT2D eigenvalue weighted by atomic mass is 32.2. The molecule has 0 N–H and O–H groups in total. The van der Waals surface area contributed by atoms with Crippen LogP contribution in [0.15, 0.2) is 47.5 Å². The van der Waals surface area contributed by atoms with Gasteiger partial charge in [-0.1, -0.05) is 19.1 Å². The van der Waals surface area contributed by atoms with Crippen molar-refractivity contribution in [1.82, 2.24) is 9.29 Å². The predicted octanol–water partition coefficient (Wildman–Crippen LogP) is 1.97. The highest BCUT2D eigenvalue weighted by molar-refractivity contribution is 7.89. The molecule has 0 radical (unpaired) electrons. The Hall–Kier alpha value is -2.43. The number of hydrogen-bond donors (Lipinski definition) is 0. The molecule has 0 saturated carbocycles. The molecule has 1 aliphatic heterocycles. The molecule has 0 bridgehead atoms. The maximum Gasteiger partial charge on any atom is 0.243 e. The second-order valence-corrected chi connectivity index (χ2v) is 7.49. The molecule has 1 aliphatic rings. The van der Waals surface area contributed by atoms with Gasteiger partial charge < -0.3 is 4.74 Å². The topological polar surface area (TPSA) is 83.3 Å². The molecule has 124 valence electrons. The normalized spacial score (nSPS) is 15.5. The molecular formula is C17H17N3O3S. The number of aromatic nitrogens is 1. The van der Waals surface area contributed by atoms with Gasteiger partial charge >= 0.3 is 0 Å². The molecule has 3 rings (SSSR count). The van der Waals surface area contributed by atoms with E-state index in [2.05, 4.69) is 4.98 Å². The molecule has 1 fully saturated rings. The van der Waals surface area contributed by atoms with E-state index in [4.69, 9.17) is 10.00 Å². The third kappa shape index (κ3) is 3.25. The Labute approximate surface area is 141 Å². The standard InChI is InChI=1S/C17H17N3O3S/c1-2-13-3-6-16(7-4-13)24(21,22)20-11-15(12-20)23-17-8-5-14(9-18)10-19-17/h3-8,10,15H,2,11-12H2,1H3. The van der Waals surface area contributed by atoms with Gasteiger partial charge in [-0.25, -0.2) is 13.4 Å². The van der Waals surface area contributed by atoms with Crippen LogP contribution >= 0.6 is 0 Å². The lowest BCUT2D eigenvalue weighted by molar-refractivity contribution is 0.0721. The van der Waals surface area contributed by atoms with Gasteiger partial charge in [0.2, 0.25) is 15.9 Å². The van der Waals surface area contributed by atoms with E-state index < -0.39 is 10.0 Å². The molecule has 0 spiro atoms. The Bertz CT molecular complexity index is 849. The number of ether oxygens (including phenoxy) is 1. The van der Waals surface area contributed by atoms with Gasteiger partial charge in [-0.2, -0.15) is 9.57 Å². The molecule has 6 nitrogen and oxygen atoms in total. The fraction of sp³-hybridized carbons (Fsp3) is 0.294. The number of sulfonamides is 1. The van der Waals surface area contributed by atoms with Crippen LogP contribution in [-0.4, -0.2) is 36.9 Å². The Kier molecular flexibility index (Phi) is 4.51. The Morgan fingerprint density at radius 2 is 1.96 bits per heavy atom. The van der Waals surface area contributed by atoms with Crippen molar-refractivity contribution >= 4 is 10.0 Å². The summed E-state index contributed by atoms with van der Waals surface area (Å²) in [7, 11) is -3.47. The molecule has 1 saturated heterocycles. The third-order valence-corrected chi connectivity index (χ3v) is 5.78. The lowest BCUT2D eigenvalue weighted by Crippen LogP contribution is -2.56. The maximum atomic E-state index is 12.5. The van der Waals surface area contributed by atoms with E-state index in [0.29, 0.717) is 29.4 Å². The molecule has 0 unspecified atom stereocenters. The van der Waals surface area contributed by atoms with Gasteiger partial charge in [-0.15, -0.1) is 0 Å². The predicted molar refractivity (Wildman–Crippen MR) is 87.9 cm³/mol. The van der Waals surface area contributed by atoms with E-state index in [9.17, 15) is 8.42 Å². The fourth-order valence-electron chi connectivity index (χ4n) is 2.40. The van der Waals surface area contributed by atoms with Crippen molar-refractivity contribution < 1.29 is 13.2 Å². The van der Waals surface area contributed by atoms with E-state index in [0.717, 1.165) is 12.0 Å². The monoisotopic (exact) mass is 343 g/mol. The number of pyridine rings is 1. The zero-order valence-electron chi connectivity index (χ0n) is 13.2. The summed E-state index contributed by atoms with van der Waals surface area (Å²) in [6, 6.07) is 12.2. The van der Waals surface area contributed by atoms with Crippen molar-refractivity contribution in [2.45, 2.75) is 24.3 Å². The number of nitrogens with zero attached hydrogens (tertiary/aromatic N) is 3. The van der Waals surface area contributed by atoms with Crippen LogP contribution in [0.25, 0.3) is 0 Å². The Morgan fingerprint density at radius 1 is 1.25 bits per heavy atom. The van der Waals surface area contributed by atoms with E-state index in [-0.39, 0.29) is 6.10 Å². The molecule has 2 heterocycles. The first-order chi connectivity index (χ1) is 11.5. The van der Waals surface area contributed by atoms with Crippen molar-refractivity contribution in [3.8, 4) is 11.9 Å². The van der Waals surface area contributed by atoms with Crippen LogP contribution in [0.3, 0.4) is 0 Å². The zero-order chi connectivity index (χ0) is 17.2. The van der Waals surface area contributed by atoms with Gasteiger partial charge in [-0.05, 0) is 30.2 Å². The number of aryl methyl sites for hydroxylation is 1. The van der Waals surface area contributed by atoms with Crippen LogP contribution in [0.5, 0.6) is 5.88 Å². The second kappa shape index (κ2) is 6.59. The van der Waals surface area contributed by atoms with Crippen LogP contribution in [-0.2, 0) is 16.4 Å². The van der Waals surface area contributed by atoms with Crippen LogP contribution in [0, 0.1) is 11.3 Å². The van der Waals surface area contributed by atoms with Gasteiger partial charge in [0, 0.05) is 12.3 Å². The highest BCUT2D eigenvalue weighted by Gasteiger charge is 2.38. The van der Waals surface area contributed by atoms with E-state index in [1.54, 1.807) is 24.3 Å². The quantitative estimate of drug-likeness (QED) is 0.829. The average molecular weight is 343 g/mol. The molecule has 24 heavy (non-hydrogen) atoms. The zero-order valence-corrected chi connectivity index (χ0v) is 14.0. The summed E-state index contributed by atoms with van der Waals surface area (Å²) in [5, 5.41) is 8.73. The summed E-state index contributed by atoms with van der Waals surface area (Å²) in [6.45, 7) is 2.61. The van der Waals surface area contributed by atoms with Gasteiger partial charge in [0.15, 0.2) is 0 Å². The van der Waals surface area contributed by atoms with E-state index in [1.165, 1.54) is 10.5 Å². The lowest BCUT2D eigenvalue weighted by atomic mass is 10.2. The van der Waals surface area contributed by atoms with Gasteiger partial charge in [0.1, 0.15) is 12.2 Å². The van der Waals surface area contributed by atoms with Crippen molar-refractivity contribution in [2.24, 2.45) is 0 Å². The minimum atomic E-state index is -3.47. The summed E-state index contributed by atoms with van der Waals surface area (Å²) in [5.74, 6) is 0.392. The van der Waals surface area contributed by atoms with Gasteiger partial charge in [0.25, 0.3) is 0 Å². The fourth-order valence-corrected chi connectivity index (χ4v) is 3.91. The van der Waals surface area contributed by atoms with Crippen LogP contribution in [0.2, 0.25) is 0 Å². The lowest BCUT2D eigenvalue weighted by Gasteiger charge is -2.37. The molecule has 7 heteroatoms. The van der Waals surface area contributed by atoms with Gasteiger partial charge in [0.05, 0.1) is 23.5 Å². The molecule has 0 aliphatic carbocycles. The smallest absolute Gasteiger partial charge is 0.243 e. The maximum absolute atomic E-state index is 12.5. The largest absolute Gasteiger partial charge is 0.472 e. The minimum Gasteiger partial charge on any atom is -0.472 e. The van der Waals surface area contributed by atoms with Crippen molar-refractivity contribution in [3.63, 3.8) is 0 Å². The summed E-state index contributed by atoms with van der Waals surface area (Å²) in [4.78, 5) is 4.32. The van der Waals surface area contributed by atoms with Crippen LogP contribution < -0.4 is 4.74 Å². The Morgan fingerprint density at radius 3 is 2.50 bits per heavy atom. The van der Waals surface area contributed by atoms with Crippen molar-refractivity contribution in [3.05, 3.63) is 53.7 Å². The highest BCUT2D eigenvalue weighted by Crippen LogP contribution is 2.24. The second-order valence-electron chi connectivity index (χ2n) is 5.56. The molecular weight excluding hydrogens is 326 g/mol. The SMILES string of the molecule is CCc1ccc(S(=O)(=O)N2CC(Oc3ccc(C#N)cn3)C2)cc1. The molecule has 1 aromatic heterocycles. The van der Waals surface area contributed by atoms with Crippen molar-refractivity contribution in [1.29, 1.82) is 5.26 Å². The third-order valence-electron chi connectivity index (χ3n) is 3.94. The number of hydrogen-bond acceptors (Lipinski definition) is 5. The van der Waals surface area contributed by atoms with Crippen LogP contribution in [0.1, 0.15) is 18.1 Å². The molecule has 0 amide bonds. The first-order valence-electron chi connectivity index (χ1n) is 7.65. The van der Waals surface area contributed by atoms with Gasteiger partial charge in [-0.3, -0.25) is 0 Å². The Balaban J connectivity index is 1.61.